The van der Waals surface area contributed by atoms with E-state index in [1.165, 1.54) is 20.8 Å². The molecule has 8 nitrogen and oxygen atoms in total. The molecule has 8 heteroatoms. The van der Waals surface area contributed by atoms with Crippen molar-refractivity contribution in [2.45, 2.75) is 57.7 Å². The minimum Gasteiger partial charge on any atom is -0.459 e. The van der Waals surface area contributed by atoms with Gasteiger partial charge in [0.1, 0.15) is 30.5 Å². The third-order valence-corrected chi connectivity index (χ3v) is 3.21. The number of aliphatic hydroxyl groups is 2. The number of hydrogen-bond acceptors (Lipinski definition) is 8. The van der Waals surface area contributed by atoms with Gasteiger partial charge >= 0.3 is 17.9 Å². The molecule has 24 heavy (non-hydrogen) atoms. The lowest BCUT2D eigenvalue weighted by molar-refractivity contribution is -0.157. The molecule has 0 aromatic carbocycles. The largest absolute Gasteiger partial charge is 0.459 e. The predicted molar refractivity (Wildman–Crippen MR) is 81.6 cm³/mol. The summed E-state index contributed by atoms with van der Waals surface area (Å²) in [6.45, 7) is 4.41. The van der Waals surface area contributed by atoms with Gasteiger partial charge < -0.3 is 24.4 Å². The van der Waals surface area contributed by atoms with Crippen molar-refractivity contribution in [3.05, 3.63) is 24.3 Å². The smallest absolute Gasteiger partial charge is 0.330 e. The highest BCUT2D eigenvalue weighted by Gasteiger charge is 2.21. The van der Waals surface area contributed by atoms with Crippen molar-refractivity contribution in [2.24, 2.45) is 0 Å². The number of aliphatic hydroxyl groups excluding tert-OH is 2. The van der Waals surface area contributed by atoms with Crippen LogP contribution in [0.25, 0.3) is 0 Å². The molecule has 0 fully saturated rings. The van der Waals surface area contributed by atoms with E-state index in [1.54, 1.807) is 0 Å². The standard InChI is InChI=1S/C16H22O8/c1-9-8-16(21)24-11(3)13(18)5-7-15(20)23-10(2)12(17)4-6-14(19)22-9/h4-7,9-13,17-18H,8H2,1-3H3/b6-4+,7-5+/t9-,10+,11-,12-,13-/m0/s1. The van der Waals surface area contributed by atoms with E-state index >= 15 is 0 Å². The molecule has 1 heterocycles. The van der Waals surface area contributed by atoms with Crippen LogP contribution in [-0.2, 0) is 28.6 Å². The Morgan fingerprint density at radius 3 is 1.83 bits per heavy atom. The summed E-state index contributed by atoms with van der Waals surface area (Å²) < 4.78 is 14.9. The van der Waals surface area contributed by atoms with Gasteiger partial charge in [-0.15, -0.1) is 0 Å². The van der Waals surface area contributed by atoms with E-state index in [9.17, 15) is 24.6 Å². The Morgan fingerprint density at radius 2 is 1.29 bits per heavy atom. The van der Waals surface area contributed by atoms with Crippen LogP contribution in [0.2, 0.25) is 0 Å². The molecule has 0 unspecified atom stereocenters. The highest BCUT2D eigenvalue weighted by atomic mass is 16.6. The quantitative estimate of drug-likeness (QED) is 0.467. The van der Waals surface area contributed by atoms with Gasteiger partial charge in [0, 0.05) is 12.2 Å². The zero-order chi connectivity index (χ0) is 18.3. The van der Waals surface area contributed by atoms with Crippen molar-refractivity contribution >= 4 is 17.9 Å². The minimum atomic E-state index is -1.22. The summed E-state index contributed by atoms with van der Waals surface area (Å²) in [5.41, 5.74) is 0. The average Bonchev–Trinajstić information content (AvgIpc) is 2.48. The Hall–Kier alpha value is -2.19. The van der Waals surface area contributed by atoms with Gasteiger partial charge in [0.05, 0.1) is 6.42 Å². The zero-order valence-electron chi connectivity index (χ0n) is 13.7. The molecule has 0 aromatic heterocycles. The fourth-order valence-corrected chi connectivity index (χ4v) is 1.80. The second-order valence-corrected chi connectivity index (χ2v) is 5.49. The maximum absolute atomic E-state index is 11.7. The lowest BCUT2D eigenvalue weighted by Gasteiger charge is -2.19. The van der Waals surface area contributed by atoms with Gasteiger partial charge in [0.15, 0.2) is 0 Å². The molecule has 0 bridgehead atoms. The molecule has 5 atom stereocenters. The Labute approximate surface area is 139 Å². The Bertz CT molecular complexity index is 524. The number of carbonyl (C=O) groups excluding carboxylic acids is 3. The number of carbonyl (C=O) groups is 3. The molecule has 0 saturated carbocycles. The van der Waals surface area contributed by atoms with E-state index in [2.05, 4.69) is 0 Å². The molecular formula is C16H22O8. The van der Waals surface area contributed by atoms with Gasteiger partial charge in [0.25, 0.3) is 0 Å². The first kappa shape index (κ1) is 19.9. The van der Waals surface area contributed by atoms with Gasteiger partial charge in [-0.3, -0.25) is 4.79 Å². The van der Waals surface area contributed by atoms with Gasteiger partial charge in [-0.1, -0.05) is 0 Å². The van der Waals surface area contributed by atoms with Crippen LogP contribution in [-0.4, -0.2) is 58.6 Å². The number of ether oxygens (including phenoxy) is 3. The van der Waals surface area contributed by atoms with Crippen LogP contribution < -0.4 is 0 Å². The van der Waals surface area contributed by atoms with Crippen molar-refractivity contribution in [3.63, 3.8) is 0 Å². The second kappa shape index (κ2) is 9.19. The van der Waals surface area contributed by atoms with E-state index in [4.69, 9.17) is 14.2 Å². The third kappa shape index (κ3) is 6.93. The molecule has 1 aliphatic heterocycles. The summed E-state index contributed by atoms with van der Waals surface area (Å²) in [5, 5.41) is 19.6. The summed E-state index contributed by atoms with van der Waals surface area (Å²) in [7, 11) is 0. The molecule has 0 aromatic rings. The van der Waals surface area contributed by atoms with Crippen LogP contribution in [0.15, 0.2) is 24.3 Å². The Kier molecular flexibility index (Phi) is 7.60. The van der Waals surface area contributed by atoms with Crippen LogP contribution >= 0.6 is 0 Å². The SMILES string of the molecule is C[C@@H]1OC(=O)C[C@H](C)OC(=O)/C=C/[C@H](O)[C@@H](C)OC(=O)/C=C/[C@@H]1O. The molecular weight excluding hydrogens is 320 g/mol. The van der Waals surface area contributed by atoms with Gasteiger partial charge in [-0.05, 0) is 32.9 Å². The summed E-state index contributed by atoms with van der Waals surface area (Å²) in [5.74, 6) is -2.22. The fourth-order valence-electron chi connectivity index (χ4n) is 1.80. The summed E-state index contributed by atoms with van der Waals surface area (Å²) in [6, 6.07) is 0. The topological polar surface area (TPSA) is 119 Å². The molecule has 2 N–H and O–H groups in total. The summed E-state index contributed by atoms with van der Waals surface area (Å²) >= 11 is 0. The first-order chi connectivity index (χ1) is 11.2. The van der Waals surface area contributed by atoms with Crippen LogP contribution in [0.3, 0.4) is 0 Å². The van der Waals surface area contributed by atoms with Crippen LogP contribution in [0.5, 0.6) is 0 Å². The summed E-state index contributed by atoms with van der Waals surface area (Å²) in [4.78, 5) is 34.9. The number of rotatable bonds is 0. The second-order valence-electron chi connectivity index (χ2n) is 5.49. The highest BCUT2D eigenvalue weighted by Crippen LogP contribution is 2.08. The van der Waals surface area contributed by atoms with Crippen molar-refractivity contribution < 1.29 is 38.8 Å². The molecule has 0 aliphatic carbocycles. The fraction of sp³-hybridized carbons (Fsp3) is 0.562. The maximum Gasteiger partial charge on any atom is 0.330 e. The van der Waals surface area contributed by atoms with Crippen molar-refractivity contribution in [2.75, 3.05) is 0 Å². The first-order valence-electron chi connectivity index (χ1n) is 7.52. The average molecular weight is 342 g/mol. The third-order valence-electron chi connectivity index (χ3n) is 3.21. The first-order valence-corrected chi connectivity index (χ1v) is 7.52. The van der Waals surface area contributed by atoms with Crippen molar-refractivity contribution in [1.82, 2.24) is 0 Å². The van der Waals surface area contributed by atoms with Gasteiger partial charge in [0.2, 0.25) is 0 Å². The monoisotopic (exact) mass is 342 g/mol. The zero-order valence-corrected chi connectivity index (χ0v) is 13.7. The van der Waals surface area contributed by atoms with Crippen molar-refractivity contribution in [1.29, 1.82) is 0 Å². The Balaban J connectivity index is 2.91. The van der Waals surface area contributed by atoms with Crippen LogP contribution in [0, 0.1) is 0 Å². The maximum atomic E-state index is 11.7. The number of hydrogen-bond donors (Lipinski definition) is 2. The van der Waals surface area contributed by atoms with Crippen LogP contribution in [0.4, 0.5) is 0 Å². The van der Waals surface area contributed by atoms with E-state index in [0.29, 0.717) is 0 Å². The molecule has 1 rings (SSSR count). The number of cyclic esters (lactones) is 3. The molecule has 0 saturated heterocycles. The number of esters is 3. The minimum absolute atomic E-state index is 0.193. The highest BCUT2D eigenvalue weighted by molar-refractivity contribution is 5.83. The Morgan fingerprint density at radius 1 is 0.833 bits per heavy atom. The van der Waals surface area contributed by atoms with E-state index in [1.807, 2.05) is 0 Å². The predicted octanol–water partition coefficient (Wildman–Crippen LogP) is 0.0194. The van der Waals surface area contributed by atoms with Gasteiger partial charge in [-0.2, -0.15) is 0 Å². The molecule has 134 valence electrons. The van der Waals surface area contributed by atoms with E-state index < -0.39 is 48.4 Å². The molecule has 1 aliphatic rings. The lowest BCUT2D eigenvalue weighted by atomic mass is 10.2. The van der Waals surface area contributed by atoms with Crippen molar-refractivity contribution in [3.8, 4) is 0 Å². The van der Waals surface area contributed by atoms with E-state index in [0.717, 1.165) is 24.3 Å². The molecule has 0 radical (unpaired) electrons. The molecule has 0 spiro atoms. The van der Waals surface area contributed by atoms with Gasteiger partial charge in [-0.25, -0.2) is 9.59 Å². The molecule has 0 amide bonds. The summed E-state index contributed by atoms with van der Waals surface area (Å²) in [6.07, 6.45) is -0.961. The van der Waals surface area contributed by atoms with Crippen LogP contribution in [0.1, 0.15) is 27.2 Å². The normalized spacial score (nSPS) is 36.2. The lowest BCUT2D eigenvalue weighted by Crippen LogP contribution is -2.30. The van der Waals surface area contributed by atoms with E-state index in [-0.39, 0.29) is 6.42 Å².